The average Bonchev–Trinajstić information content (AvgIpc) is 2.03. The van der Waals surface area contributed by atoms with E-state index in [0.717, 1.165) is 9.46 Å². The third-order valence-corrected chi connectivity index (χ3v) is 2.20. The van der Waals surface area contributed by atoms with Crippen molar-refractivity contribution in [2.75, 3.05) is 6.26 Å². The molecule has 0 fully saturated rings. The number of alkyl halides is 3. The van der Waals surface area contributed by atoms with E-state index >= 15 is 0 Å². The molecule has 5 heteroatoms. The zero-order chi connectivity index (χ0) is 9.90. The highest BCUT2D eigenvalue weighted by Crippen LogP contribution is 2.15. The minimum Gasteiger partial charge on any atom is -0.196 e. The summed E-state index contributed by atoms with van der Waals surface area (Å²) in [4.78, 5) is 0.957. The summed E-state index contributed by atoms with van der Waals surface area (Å²) in [5, 5.41) is 0. The molecule has 0 atom stereocenters. The Morgan fingerprint density at radius 3 is 2.23 bits per heavy atom. The highest BCUT2D eigenvalue weighted by Gasteiger charge is 2.32. The van der Waals surface area contributed by atoms with Crippen molar-refractivity contribution in [3.05, 3.63) is 24.5 Å². The largest absolute Gasteiger partial charge is 0.448 e. The first kappa shape index (κ1) is 10.4. The van der Waals surface area contributed by atoms with E-state index < -0.39 is 12.7 Å². The van der Waals surface area contributed by atoms with Crippen LogP contribution in [0.1, 0.15) is 0 Å². The Morgan fingerprint density at radius 1 is 1.31 bits per heavy atom. The lowest BCUT2D eigenvalue weighted by Crippen LogP contribution is -2.40. The summed E-state index contributed by atoms with van der Waals surface area (Å²) in [6.07, 6.45) is 0.591. The van der Waals surface area contributed by atoms with Crippen molar-refractivity contribution in [3.63, 3.8) is 0 Å². The summed E-state index contributed by atoms with van der Waals surface area (Å²) in [6, 6.07) is 3.33. The lowest BCUT2D eigenvalue weighted by molar-refractivity contribution is -0.719. The van der Waals surface area contributed by atoms with Gasteiger partial charge in [-0.05, 0) is 6.26 Å². The van der Waals surface area contributed by atoms with Crippen molar-refractivity contribution < 1.29 is 17.7 Å². The quantitative estimate of drug-likeness (QED) is 0.532. The normalized spacial score (nSPS) is 11.7. The molecule has 1 aromatic rings. The lowest BCUT2D eigenvalue weighted by atomic mass is 10.4. The molecule has 0 saturated carbocycles. The van der Waals surface area contributed by atoms with Crippen molar-refractivity contribution in [2.24, 2.45) is 0 Å². The highest BCUT2D eigenvalue weighted by molar-refractivity contribution is 7.98. The maximum atomic E-state index is 11.9. The van der Waals surface area contributed by atoms with Crippen LogP contribution in [0.2, 0.25) is 0 Å². The van der Waals surface area contributed by atoms with Gasteiger partial charge in [0.15, 0.2) is 12.4 Å². The van der Waals surface area contributed by atoms with Crippen LogP contribution >= 0.6 is 11.8 Å². The molecule has 1 rings (SSSR count). The molecule has 0 bridgehead atoms. The number of hydrogen-bond donors (Lipinski definition) is 0. The van der Waals surface area contributed by atoms with Crippen molar-refractivity contribution in [1.82, 2.24) is 0 Å². The average molecular weight is 208 g/mol. The number of nitrogens with zero attached hydrogens (tertiary/aromatic N) is 1. The van der Waals surface area contributed by atoms with Crippen LogP contribution in [0.3, 0.4) is 0 Å². The number of pyridine rings is 1. The number of thioether (sulfide) groups is 1. The fourth-order valence-electron chi connectivity index (χ4n) is 0.892. The van der Waals surface area contributed by atoms with E-state index in [9.17, 15) is 13.2 Å². The van der Waals surface area contributed by atoms with Crippen molar-refractivity contribution in [3.8, 4) is 0 Å². The zero-order valence-corrected chi connectivity index (χ0v) is 7.82. The molecule has 0 radical (unpaired) electrons. The van der Waals surface area contributed by atoms with Gasteiger partial charge in [-0.1, -0.05) is 0 Å². The van der Waals surface area contributed by atoms with Crippen LogP contribution in [-0.4, -0.2) is 12.4 Å². The maximum absolute atomic E-state index is 11.9. The second-order valence-electron chi connectivity index (χ2n) is 2.53. The molecular formula is C8H9F3NS+. The molecule has 0 aromatic carbocycles. The van der Waals surface area contributed by atoms with E-state index in [0.29, 0.717) is 0 Å². The van der Waals surface area contributed by atoms with Crippen LogP contribution in [0.25, 0.3) is 0 Å². The summed E-state index contributed by atoms with van der Waals surface area (Å²) in [5.74, 6) is 0. The molecule has 0 unspecified atom stereocenters. The van der Waals surface area contributed by atoms with E-state index in [1.165, 1.54) is 24.2 Å². The molecule has 0 aliphatic carbocycles. The summed E-state index contributed by atoms with van der Waals surface area (Å²) in [7, 11) is 0. The first-order chi connectivity index (χ1) is 6.01. The predicted octanol–water partition coefficient (Wildman–Crippen LogP) is 2.26. The van der Waals surface area contributed by atoms with Crippen LogP contribution in [0, 0.1) is 0 Å². The molecule has 13 heavy (non-hydrogen) atoms. The van der Waals surface area contributed by atoms with Crippen LogP contribution in [0.4, 0.5) is 13.2 Å². The molecule has 0 N–H and O–H groups in total. The van der Waals surface area contributed by atoms with Crippen molar-refractivity contribution in [2.45, 2.75) is 17.6 Å². The zero-order valence-electron chi connectivity index (χ0n) is 7.01. The van der Waals surface area contributed by atoms with Gasteiger partial charge in [0.05, 0.1) is 0 Å². The molecule has 1 aromatic heterocycles. The van der Waals surface area contributed by atoms with Crippen LogP contribution in [0.5, 0.6) is 0 Å². The SMILES string of the molecule is CSc1cc[n+](CC(F)(F)F)cc1. The monoisotopic (exact) mass is 208 g/mol. The smallest absolute Gasteiger partial charge is 0.196 e. The molecule has 1 heterocycles. The Hall–Kier alpha value is -0.710. The second-order valence-corrected chi connectivity index (χ2v) is 3.41. The second kappa shape index (κ2) is 4.00. The molecule has 0 saturated heterocycles. The molecular weight excluding hydrogens is 199 g/mol. The van der Waals surface area contributed by atoms with Crippen molar-refractivity contribution in [1.29, 1.82) is 0 Å². The standard InChI is InChI=1S/C8H9F3NS/c1-13-7-2-4-12(5-3-7)6-8(9,10)11/h2-5H,6H2,1H3/q+1. The van der Waals surface area contributed by atoms with Crippen LogP contribution in [0.15, 0.2) is 29.4 Å². The lowest BCUT2D eigenvalue weighted by Gasteiger charge is -2.01. The number of halogens is 3. The number of hydrogen-bond acceptors (Lipinski definition) is 1. The first-order valence-corrected chi connectivity index (χ1v) is 4.83. The molecule has 0 aliphatic heterocycles. The van der Waals surface area contributed by atoms with Gasteiger partial charge in [-0.15, -0.1) is 11.8 Å². The van der Waals surface area contributed by atoms with Gasteiger partial charge >= 0.3 is 6.18 Å². The third kappa shape index (κ3) is 3.67. The van der Waals surface area contributed by atoms with E-state index in [4.69, 9.17) is 0 Å². The predicted molar refractivity (Wildman–Crippen MR) is 44.5 cm³/mol. The molecule has 72 valence electrons. The van der Waals surface area contributed by atoms with Gasteiger partial charge in [0.25, 0.3) is 0 Å². The van der Waals surface area contributed by atoms with E-state index in [-0.39, 0.29) is 0 Å². The Balaban J connectivity index is 2.70. The first-order valence-electron chi connectivity index (χ1n) is 3.61. The van der Waals surface area contributed by atoms with Gasteiger partial charge in [0.1, 0.15) is 0 Å². The maximum Gasteiger partial charge on any atom is 0.448 e. The minimum absolute atomic E-state index is 0.929. The van der Waals surface area contributed by atoms with Gasteiger partial charge in [-0.25, -0.2) is 0 Å². The Bertz CT molecular complexity index is 268. The van der Waals surface area contributed by atoms with Gasteiger partial charge < -0.3 is 0 Å². The topological polar surface area (TPSA) is 3.88 Å². The number of rotatable bonds is 2. The van der Waals surface area contributed by atoms with E-state index in [1.807, 2.05) is 6.26 Å². The highest BCUT2D eigenvalue weighted by atomic mass is 32.2. The summed E-state index contributed by atoms with van der Waals surface area (Å²) >= 11 is 1.50. The van der Waals surface area contributed by atoms with Crippen LogP contribution < -0.4 is 4.57 Å². The Morgan fingerprint density at radius 2 is 1.85 bits per heavy atom. The fourth-order valence-corrected chi connectivity index (χ4v) is 1.29. The molecule has 1 nitrogen and oxygen atoms in total. The molecule has 0 aliphatic rings. The molecule has 0 spiro atoms. The number of aromatic nitrogens is 1. The van der Waals surface area contributed by atoms with Gasteiger partial charge in [-0.2, -0.15) is 17.7 Å². The summed E-state index contributed by atoms with van der Waals surface area (Å²) in [6.45, 7) is -0.929. The third-order valence-electron chi connectivity index (χ3n) is 1.46. The molecule has 0 amide bonds. The summed E-state index contributed by atoms with van der Waals surface area (Å²) < 4.78 is 36.8. The van der Waals surface area contributed by atoms with E-state index in [2.05, 4.69) is 0 Å². The fraction of sp³-hybridized carbons (Fsp3) is 0.375. The van der Waals surface area contributed by atoms with Gasteiger partial charge in [0.2, 0.25) is 6.54 Å². The van der Waals surface area contributed by atoms with Crippen LogP contribution in [-0.2, 0) is 6.54 Å². The van der Waals surface area contributed by atoms with E-state index in [1.54, 1.807) is 12.1 Å². The Kier molecular flexibility index (Phi) is 3.19. The minimum atomic E-state index is -4.15. The Labute approximate surface area is 78.6 Å². The summed E-state index contributed by atoms with van der Waals surface area (Å²) in [5.41, 5.74) is 0. The van der Waals surface area contributed by atoms with Gasteiger partial charge in [-0.3, -0.25) is 0 Å². The van der Waals surface area contributed by atoms with Crippen molar-refractivity contribution >= 4 is 11.8 Å². The van der Waals surface area contributed by atoms with Gasteiger partial charge in [0, 0.05) is 17.0 Å².